The zero-order valence-electron chi connectivity index (χ0n) is 7.80. The van der Waals surface area contributed by atoms with E-state index in [1.165, 1.54) is 13.2 Å². The molecule has 0 aliphatic carbocycles. The van der Waals surface area contributed by atoms with E-state index >= 15 is 0 Å². The lowest BCUT2D eigenvalue weighted by molar-refractivity contribution is 0.145. The number of nitrogens with zero attached hydrogens (tertiary/aromatic N) is 2. The fourth-order valence-electron chi connectivity index (χ4n) is 1.08. The summed E-state index contributed by atoms with van der Waals surface area (Å²) >= 11 is 3.07. The van der Waals surface area contributed by atoms with Crippen LogP contribution in [-0.2, 0) is 5.33 Å². The molecule has 1 rings (SSSR count). The second-order valence-corrected chi connectivity index (χ2v) is 3.19. The van der Waals surface area contributed by atoms with Crippen molar-refractivity contribution in [3.63, 3.8) is 0 Å². The molecule has 1 heterocycles. The summed E-state index contributed by atoms with van der Waals surface area (Å²) in [6.07, 6.45) is -2.70. The van der Waals surface area contributed by atoms with Crippen LogP contribution in [0.3, 0.4) is 0 Å². The Kier molecular flexibility index (Phi) is 3.97. The fourth-order valence-corrected chi connectivity index (χ4v) is 1.53. The minimum absolute atomic E-state index is 0.127. The Morgan fingerprint density at radius 1 is 1.67 bits per heavy atom. The third-order valence-electron chi connectivity index (χ3n) is 1.78. The van der Waals surface area contributed by atoms with Gasteiger partial charge in [-0.2, -0.15) is 5.26 Å². The first-order valence-electron chi connectivity index (χ1n) is 3.96. The van der Waals surface area contributed by atoms with Crippen molar-refractivity contribution >= 4 is 15.9 Å². The average Bonchev–Trinajstić information content (AvgIpc) is 2.26. The molecule has 6 heteroatoms. The molecule has 1 aromatic rings. The van der Waals surface area contributed by atoms with Crippen LogP contribution in [-0.4, -0.2) is 12.1 Å². The van der Waals surface area contributed by atoms with E-state index in [-0.39, 0.29) is 22.5 Å². The highest BCUT2D eigenvalue weighted by Gasteiger charge is 2.18. The third-order valence-corrected chi connectivity index (χ3v) is 2.38. The number of hydrogen-bond acceptors (Lipinski definition) is 3. The van der Waals surface area contributed by atoms with Crippen LogP contribution in [0.15, 0.2) is 6.07 Å². The van der Waals surface area contributed by atoms with Crippen molar-refractivity contribution < 1.29 is 13.5 Å². The summed E-state index contributed by atoms with van der Waals surface area (Å²) in [5, 5.41) is 8.91. The van der Waals surface area contributed by atoms with Crippen LogP contribution in [0.1, 0.15) is 23.4 Å². The van der Waals surface area contributed by atoms with Gasteiger partial charge in [-0.3, -0.25) is 0 Å². The summed E-state index contributed by atoms with van der Waals surface area (Å²) in [6.45, 7) is 0. The maximum atomic E-state index is 12.5. The van der Waals surface area contributed by atoms with E-state index in [2.05, 4.69) is 20.9 Å². The number of nitriles is 1. The van der Waals surface area contributed by atoms with Crippen molar-refractivity contribution in [2.45, 2.75) is 11.8 Å². The van der Waals surface area contributed by atoms with Crippen LogP contribution in [0.4, 0.5) is 8.78 Å². The maximum Gasteiger partial charge on any atom is 0.280 e. The van der Waals surface area contributed by atoms with E-state index in [4.69, 9.17) is 10.00 Å². The number of methoxy groups -OCH3 is 1. The van der Waals surface area contributed by atoms with Crippen molar-refractivity contribution in [2.24, 2.45) is 0 Å². The molecule has 0 amide bonds. The molecule has 3 nitrogen and oxygen atoms in total. The molecule has 0 aliphatic rings. The number of pyridine rings is 1. The molecule has 0 saturated heterocycles. The first kappa shape index (κ1) is 11.9. The smallest absolute Gasteiger partial charge is 0.280 e. The molecule has 0 bridgehead atoms. The Bertz CT molecular complexity index is 404. The molecule has 0 atom stereocenters. The van der Waals surface area contributed by atoms with Gasteiger partial charge < -0.3 is 4.74 Å². The molecule has 1 aromatic heterocycles. The zero-order valence-corrected chi connectivity index (χ0v) is 9.38. The summed E-state index contributed by atoms with van der Waals surface area (Å²) < 4.78 is 29.9. The summed E-state index contributed by atoms with van der Waals surface area (Å²) in [4.78, 5) is 3.57. The summed E-state index contributed by atoms with van der Waals surface area (Å²) in [7, 11) is 1.36. The fraction of sp³-hybridized carbons (Fsp3) is 0.333. The molecular weight excluding hydrogens is 270 g/mol. The highest BCUT2D eigenvalue weighted by Crippen LogP contribution is 2.28. The van der Waals surface area contributed by atoms with Gasteiger partial charge in [0.25, 0.3) is 6.43 Å². The molecule has 0 N–H and O–H groups in total. The van der Waals surface area contributed by atoms with Gasteiger partial charge in [0.05, 0.1) is 7.11 Å². The van der Waals surface area contributed by atoms with Gasteiger partial charge in [-0.15, -0.1) is 0 Å². The van der Waals surface area contributed by atoms with Gasteiger partial charge in [-0.05, 0) is 11.6 Å². The summed E-state index contributed by atoms with van der Waals surface area (Å²) in [5.41, 5.74) is -0.192. The van der Waals surface area contributed by atoms with E-state index in [9.17, 15) is 8.78 Å². The van der Waals surface area contributed by atoms with E-state index in [0.717, 1.165) is 0 Å². The van der Waals surface area contributed by atoms with Gasteiger partial charge in [0.2, 0.25) is 0 Å². The first-order chi connectivity index (χ1) is 7.13. The van der Waals surface area contributed by atoms with Crippen molar-refractivity contribution in [3.05, 3.63) is 23.0 Å². The number of hydrogen-bond donors (Lipinski definition) is 0. The Labute approximate surface area is 93.8 Å². The lowest BCUT2D eigenvalue weighted by atomic mass is 10.2. The number of ether oxygens (including phenoxy) is 1. The van der Waals surface area contributed by atoms with Gasteiger partial charge in [0.15, 0.2) is 11.4 Å². The SMILES string of the molecule is COc1cc(CBr)c(C(F)F)nc1C#N. The molecule has 15 heavy (non-hydrogen) atoms. The zero-order chi connectivity index (χ0) is 11.4. The summed E-state index contributed by atoms with van der Waals surface area (Å²) in [6, 6.07) is 3.10. The molecule has 0 spiro atoms. The minimum Gasteiger partial charge on any atom is -0.494 e. The molecule has 0 fully saturated rings. The molecule has 0 saturated carbocycles. The third kappa shape index (κ3) is 2.42. The van der Waals surface area contributed by atoms with Crippen molar-refractivity contribution in [3.8, 4) is 11.8 Å². The first-order valence-corrected chi connectivity index (χ1v) is 5.08. The quantitative estimate of drug-likeness (QED) is 0.798. The van der Waals surface area contributed by atoms with Gasteiger partial charge in [-0.1, -0.05) is 15.9 Å². The van der Waals surface area contributed by atoms with Gasteiger partial charge in [-0.25, -0.2) is 13.8 Å². The topological polar surface area (TPSA) is 45.9 Å². The predicted molar refractivity (Wildman–Crippen MR) is 53.1 cm³/mol. The Balaban J connectivity index is 3.36. The largest absolute Gasteiger partial charge is 0.494 e. The Hall–Kier alpha value is -1.22. The van der Waals surface area contributed by atoms with E-state index < -0.39 is 6.43 Å². The predicted octanol–water partition coefficient (Wildman–Crippen LogP) is 2.79. The van der Waals surface area contributed by atoms with Crippen LogP contribution in [0.2, 0.25) is 0 Å². The normalized spacial score (nSPS) is 10.1. The highest BCUT2D eigenvalue weighted by molar-refractivity contribution is 9.08. The maximum absolute atomic E-state index is 12.5. The second kappa shape index (κ2) is 5.03. The number of aromatic nitrogens is 1. The average molecular weight is 277 g/mol. The molecular formula is C9H7BrF2N2O. The monoisotopic (exact) mass is 276 g/mol. The van der Waals surface area contributed by atoms with E-state index in [0.29, 0.717) is 5.56 Å². The molecule has 0 aliphatic heterocycles. The standard InChI is InChI=1S/C9H7BrF2N2O/c1-15-7-2-5(3-10)8(9(11)12)14-6(7)4-13/h2,9H,3H2,1H3. The lowest BCUT2D eigenvalue weighted by Gasteiger charge is -2.09. The molecule has 80 valence electrons. The van der Waals surface area contributed by atoms with Crippen molar-refractivity contribution in [1.82, 2.24) is 4.98 Å². The lowest BCUT2D eigenvalue weighted by Crippen LogP contribution is -2.01. The minimum atomic E-state index is -2.70. The van der Waals surface area contributed by atoms with Gasteiger partial charge in [0, 0.05) is 5.33 Å². The number of halogens is 3. The van der Waals surface area contributed by atoms with Gasteiger partial charge >= 0.3 is 0 Å². The Morgan fingerprint density at radius 2 is 2.33 bits per heavy atom. The van der Waals surface area contributed by atoms with Crippen LogP contribution in [0, 0.1) is 11.3 Å². The number of alkyl halides is 3. The van der Waals surface area contributed by atoms with E-state index in [1.807, 2.05) is 0 Å². The van der Waals surface area contributed by atoms with Crippen LogP contribution >= 0.6 is 15.9 Å². The van der Waals surface area contributed by atoms with Gasteiger partial charge in [0.1, 0.15) is 11.8 Å². The summed E-state index contributed by atoms with van der Waals surface area (Å²) in [5.74, 6) is 0.205. The highest BCUT2D eigenvalue weighted by atomic mass is 79.9. The second-order valence-electron chi connectivity index (χ2n) is 2.63. The van der Waals surface area contributed by atoms with Crippen molar-refractivity contribution in [2.75, 3.05) is 7.11 Å². The molecule has 0 aromatic carbocycles. The van der Waals surface area contributed by atoms with Crippen LogP contribution in [0.25, 0.3) is 0 Å². The number of rotatable bonds is 3. The molecule has 0 unspecified atom stereocenters. The molecule has 0 radical (unpaired) electrons. The Morgan fingerprint density at radius 3 is 2.73 bits per heavy atom. The van der Waals surface area contributed by atoms with Crippen molar-refractivity contribution in [1.29, 1.82) is 5.26 Å². The van der Waals surface area contributed by atoms with Crippen LogP contribution in [0.5, 0.6) is 5.75 Å². The van der Waals surface area contributed by atoms with Crippen LogP contribution < -0.4 is 4.74 Å². The van der Waals surface area contributed by atoms with E-state index in [1.54, 1.807) is 6.07 Å².